The molecule has 3 amide bonds. The van der Waals surface area contributed by atoms with Crippen LogP contribution in [-0.4, -0.2) is 47.1 Å². The maximum atomic E-state index is 12.6. The fourth-order valence-corrected chi connectivity index (χ4v) is 3.46. The second-order valence-electron chi connectivity index (χ2n) is 9.75. The number of aromatic amines is 1. The van der Waals surface area contributed by atoms with Gasteiger partial charge in [0.2, 0.25) is 5.95 Å². The lowest BCUT2D eigenvalue weighted by Crippen LogP contribution is -2.33. The van der Waals surface area contributed by atoms with Crippen LogP contribution in [-0.2, 0) is 11.3 Å². The third-order valence-electron chi connectivity index (χ3n) is 5.18. The fraction of sp³-hybridized carbons (Fsp3) is 0.333. The smallest absolute Gasteiger partial charge is 0.444 e. The summed E-state index contributed by atoms with van der Waals surface area (Å²) in [6.45, 7) is 7.12. The third-order valence-corrected chi connectivity index (χ3v) is 5.18. The van der Waals surface area contributed by atoms with E-state index in [2.05, 4.69) is 36.0 Å². The Labute approximate surface area is 233 Å². The van der Waals surface area contributed by atoms with Gasteiger partial charge in [-0.2, -0.15) is 0 Å². The lowest BCUT2D eigenvalue weighted by atomic mass is 10.1. The van der Waals surface area contributed by atoms with Crippen molar-refractivity contribution in [2.24, 2.45) is 0 Å². The lowest BCUT2D eigenvalue weighted by molar-refractivity contribution is -0.274. The maximum Gasteiger partial charge on any atom is 0.573 e. The van der Waals surface area contributed by atoms with Crippen LogP contribution < -0.4 is 31.6 Å². The number of carbonyl (C=O) groups excluding carboxylic acids is 2. The number of nitrogens with zero attached hydrogens (tertiary/aromatic N) is 1. The van der Waals surface area contributed by atoms with Crippen molar-refractivity contribution in [2.75, 3.05) is 23.7 Å². The number of halogens is 3. The molecule has 0 aliphatic rings. The summed E-state index contributed by atoms with van der Waals surface area (Å²) >= 11 is 0. The highest BCUT2D eigenvalue weighted by atomic mass is 19.4. The Hall–Kier alpha value is -4.59. The van der Waals surface area contributed by atoms with Crippen LogP contribution in [0.3, 0.4) is 0 Å². The number of carbonyl (C=O) groups is 2. The highest BCUT2D eigenvalue weighted by Crippen LogP contribution is 2.30. The van der Waals surface area contributed by atoms with Crippen LogP contribution in [0.25, 0.3) is 11.1 Å². The summed E-state index contributed by atoms with van der Waals surface area (Å²) in [7, 11) is 0. The Morgan fingerprint density at radius 2 is 1.68 bits per heavy atom. The molecule has 0 saturated heterocycles. The van der Waals surface area contributed by atoms with Crippen LogP contribution in [0.1, 0.15) is 32.8 Å². The predicted octanol–water partition coefficient (Wildman–Crippen LogP) is 4.98. The molecule has 11 nitrogen and oxygen atoms in total. The van der Waals surface area contributed by atoms with Crippen molar-refractivity contribution < 1.29 is 32.2 Å². The molecule has 41 heavy (non-hydrogen) atoms. The average Bonchev–Trinajstić information content (AvgIpc) is 2.86. The number of rotatable bonds is 10. The van der Waals surface area contributed by atoms with Gasteiger partial charge in [-0.05, 0) is 57.0 Å². The van der Waals surface area contributed by atoms with Gasteiger partial charge in [-0.15, -0.1) is 13.2 Å². The Morgan fingerprint density at radius 1 is 0.976 bits per heavy atom. The first kappa shape index (κ1) is 30.9. The topological polar surface area (TPSA) is 146 Å². The molecule has 3 rings (SSSR count). The zero-order valence-corrected chi connectivity index (χ0v) is 22.6. The number of alkyl halides is 3. The van der Waals surface area contributed by atoms with Gasteiger partial charge in [0.25, 0.3) is 5.56 Å². The van der Waals surface area contributed by atoms with E-state index in [0.29, 0.717) is 31.6 Å². The summed E-state index contributed by atoms with van der Waals surface area (Å²) in [4.78, 5) is 43.0. The van der Waals surface area contributed by atoms with Crippen molar-refractivity contribution in [3.05, 3.63) is 70.6 Å². The minimum absolute atomic E-state index is 0.201. The summed E-state index contributed by atoms with van der Waals surface area (Å²) in [6.07, 6.45) is -3.40. The number of alkyl carbamates (subject to hydrolysis) is 1. The van der Waals surface area contributed by atoms with E-state index in [1.807, 2.05) is 12.1 Å². The molecule has 0 aliphatic heterocycles. The molecule has 0 saturated carbocycles. The molecule has 1 aromatic heterocycles. The van der Waals surface area contributed by atoms with Crippen LogP contribution in [0.15, 0.2) is 59.5 Å². The number of aromatic nitrogens is 2. The monoisotopic (exact) mass is 576 g/mol. The van der Waals surface area contributed by atoms with Gasteiger partial charge in [-0.25, -0.2) is 14.6 Å². The molecule has 5 N–H and O–H groups in total. The molecule has 1 heterocycles. The predicted molar refractivity (Wildman–Crippen MR) is 147 cm³/mol. The van der Waals surface area contributed by atoms with Crippen molar-refractivity contribution in [3.8, 4) is 16.9 Å². The number of para-hydroxylation sites is 2. The van der Waals surface area contributed by atoms with Crippen LogP contribution in [0.5, 0.6) is 5.75 Å². The maximum absolute atomic E-state index is 12.6. The van der Waals surface area contributed by atoms with Gasteiger partial charge in [-0.3, -0.25) is 15.1 Å². The highest BCUT2D eigenvalue weighted by molar-refractivity contribution is 5.99. The number of ether oxygens (including phenoxy) is 2. The number of urea groups is 1. The van der Waals surface area contributed by atoms with Crippen LogP contribution in [0.4, 0.5) is 34.4 Å². The highest BCUT2D eigenvalue weighted by Gasteiger charge is 2.32. The number of hydrogen-bond acceptors (Lipinski definition) is 7. The van der Waals surface area contributed by atoms with E-state index < -0.39 is 35.4 Å². The Kier molecular flexibility index (Phi) is 10.3. The first-order valence-corrected chi connectivity index (χ1v) is 12.6. The normalized spacial score (nSPS) is 11.5. The molecule has 220 valence electrons. The van der Waals surface area contributed by atoms with E-state index in [1.54, 1.807) is 32.9 Å². The standard InChI is InChI=1S/C27H31F3N6O5/c1-26(2,3)41-25(39)32-14-6-13-31-15-17-9-11-18(12-10-17)19-16-33-23(35-22(19)37)36-24(38)34-20-7-4-5-8-21(20)40-27(28,29)30/h4-5,7-12,16,31H,6,13-15H2,1-3H3,(H,32,39)(H3,33,34,35,36,37,38). The van der Waals surface area contributed by atoms with Gasteiger partial charge >= 0.3 is 18.5 Å². The van der Waals surface area contributed by atoms with Crippen molar-refractivity contribution in [1.29, 1.82) is 0 Å². The minimum Gasteiger partial charge on any atom is -0.444 e. The summed E-state index contributed by atoms with van der Waals surface area (Å²) in [5.41, 5.74) is 0.529. The van der Waals surface area contributed by atoms with E-state index in [1.165, 1.54) is 24.4 Å². The minimum atomic E-state index is -4.94. The molecule has 2 aromatic carbocycles. The second kappa shape index (κ2) is 13.7. The molecule has 0 aliphatic carbocycles. The molecule has 3 aromatic rings. The Morgan fingerprint density at radius 3 is 2.34 bits per heavy atom. The van der Waals surface area contributed by atoms with Gasteiger partial charge < -0.3 is 25.4 Å². The van der Waals surface area contributed by atoms with Gasteiger partial charge in [0, 0.05) is 19.3 Å². The zero-order valence-electron chi connectivity index (χ0n) is 22.6. The number of benzene rings is 2. The molecule has 14 heteroatoms. The van der Waals surface area contributed by atoms with Gasteiger partial charge in [0.05, 0.1) is 11.3 Å². The molecule has 0 radical (unpaired) electrons. The number of hydrogen-bond donors (Lipinski definition) is 5. The van der Waals surface area contributed by atoms with Crippen molar-refractivity contribution in [2.45, 2.75) is 45.7 Å². The van der Waals surface area contributed by atoms with Crippen molar-refractivity contribution in [1.82, 2.24) is 20.6 Å². The number of H-pyrrole nitrogens is 1. The van der Waals surface area contributed by atoms with E-state index in [4.69, 9.17) is 4.74 Å². The number of amides is 3. The first-order chi connectivity index (χ1) is 19.3. The van der Waals surface area contributed by atoms with Crippen LogP contribution in [0, 0.1) is 0 Å². The quantitative estimate of drug-likeness (QED) is 0.214. The summed E-state index contributed by atoms with van der Waals surface area (Å²) in [5, 5.41) is 10.5. The lowest BCUT2D eigenvalue weighted by Gasteiger charge is -2.19. The summed E-state index contributed by atoms with van der Waals surface area (Å²) in [5.74, 6) is -0.798. The van der Waals surface area contributed by atoms with Crippen LogP contribution >= 0.6 is 0 Å². The van der Waals surface area contributed by atoms with Gasteiger partial charge in [0.1, 0.15) is 5.60 Å². The molecule has 0 bridgehead atoms. The Bertz CT molecular complexity index is 1390. The number of nitrogens with one attached hydrogen (secondary N) is 5. The molecule has 0 atom stereocenters. The fourth-order valence-electron chi connectivity index (χ4n) is 3.46. The van der Waals surface area contributed by atoms with E-state index in [0.717, 1.165) is 11.6 Å². The van der Waals surface area contributed by atoms with Crippen molar-refractivity contribution >= 4 is 23.8 Å². The second-order valence-corrected chi connectivity index (χ2v) is 9.75. The molecule has 0 spiro atoms. The first-order valence-electron chi connectivity index (χ1n) is 12.6. The van der Waals surface area contributed by atoms with E-state index >= 15 is 0 Å². The number of anilines is 2. The molecule has 0 unspecified atom stereocenters. The van der Waals surface area contributed by atoms with E-state index in [9.17, 15) is 27.6 Å². The van der Waals surface area contributed by atoms with Crippen molar-refractivity contribution in [3.63, 3.8) is 0 Å². The zero-order chi connectivity index (χ0) is 30.0. The van der Waals surface area contributed by atoms with Gasteiger partial charge in [-0.1, -0.05) is 36.4 Å². The largest absolute Gasteiger partial charge is 0.573 e. The summed E-state index contributed by atoms with van der Waals surface area (Å²) in [6, 6.07) is 11.3. The van der Waals surface area contributed by atoms with E-state index in [-0.39, 0.29) is 17.2 Å². The van der Waals surface area contributed by atoms with Gasteiger partial charge in [0.15, 0.2) is 5.75 Å². The average molecular weight is 577 g/mol. The molecule has 0 fully saturated rings. The summed E-state index contributed by atoms with van der Waals surface area (Å²) < 4.78 is 46.8. The van der Waals surface area contributed by atoms with Crippen LogP contribution in [0.2, 0.25) is 0 Å². The third kappa shape index (κ3) is 10.8. The SMILES string of the molecule is CC(C)(C)OC(=O)NCCCNCc1ccc(-c2cnc(NC(=O)Nc3ccccc3OC(F)(F)F)[nH]c2=O)cc1. The Balaban J connectivity index is 1.48. The molecular weight excluding hydrogens is 545 g/mol. The molecular formula is C27H31F3N6O5.